The minimum absolute atomic E-state index is 0.00393. The van der Waals surface area contributed by atoms with Crippen molar-refractivity contribution in [2.75, 3.05) is 23.4 Å². The number of benzene rings is 1. The zero-order valence-corrected chi connectivity index (χ0v) is 12.1. The normalized spacial score (nSPS) is 11.9. The van der Waals surface area contributed by atoms with Crippen molar-refractivity contribution in [3.8, 4) is 0 Å². The third kappa shape index (κ3) is 4.61. The molecule has 1 unspecified atom stereocenters. The molecule has 0 aliphatic heterocycles. The summed E-state index contributed by atoms with van der Waals surface area (Å²) in [6, 6.07) is 7.81. The van der Waals surface area contributed by atoms with Crippen molar-refractivity contribution in [1.29, 1.82) is 0 Å². The maximum Gasteiger partial charge on any atom is 0.253 e. The van der Waals surface area contributed by atoms with E-state index in [4.69, 9.17) is 0 Å². The summed E-state index contributed by atoms with van der Waals surface area (Å²) in [7, 11) is 0. The molecule has 4 heteroatoms. The van der Waals surface area contributed by atoms with Gasteiger partial charge < -0.3 is 10.6 Å². The summed E-state index contributed by atoms with van der Waals surface area (Å²) >= 11 is 1.84. The van der Waals surface area contributed by atoms with E-state index < -0.39 is 0 Å². The molecule has 0 fully saturated rings. The van der Waals surface area contributed by atoms with Gasteiger partial charge in [0.1, 0.15) is 0 Å². The van der Waals surface area contributed by atoms with Crippen LogP contribution in [0.4, 0.5) is 5.69 Å². The number of nitrogens with one attached hydrogen (secondary N) is 2. The van der Waals surface area contributed by atoms with E-state index in [1.54, 1.807) is 0 Å². The quantitative estimate of drug-likeness (QED) is 0.797. The number of carbonyl (C=O) groups is 1. The molecular weight excluding hydrogens is 244 g/mol. The first kappa shape index (κ1) is 14.9. The lowest BCUT2D eigenvalue weighted by atomic mass is 10.1. The van der Waals surface area contributed by atoms with Gasteiger partial charge in [-0.3, -0.25) is 4.79 Å². The number of anilines is 1. The molecule has 1 rings (SSSR count). The van der Waals surface area contributed by atoms with E-state index in [1.165, 1.54) is 0 Å². The van der Waals surface area contributed by atoms with Crippen LogP contribution in [0.2, 0.25) is 0 Å². The van der Waals surface area contributed by atoms with E-state index in [-0.39, 0.29) is 11.9 Å². The molecule has 2 N–H and O–H groups in total. The summed E-state index contributed by atoms with van der Waals surface area (Å²) in [5, 5.41) is 6.24. The average molecular weight is 266 g/mol. The monoisotopic (exact) mass is 266 g/mol. The molecule has 0 radical (unpaired) electrons. The Morgan fingerprint density at radius 1 is 1.33 bits per heavy atom. The lowest BCUT2D eigenvalue weighted by Gasteiger charge is -2.15. The first-order chi connectivity index (χ1) is 8.69. The van der Waals surface area contributed by atoms with E-state index in [1.807, 2.05) is 49.9 Å². The highest BCUT2D eigenvalue weighted by Gasteiger charge is 2.12. The lowest BCUT2D eigenvalue weighted by molar-refractivity contribution is 0.0944. The maximum atomic E-state index is 12.2. The van der Waals surface area contributed by atoms with Crippen molar-refractivity contribution in [2.24, 2.45) is 0 Å². The van der Waals surface area contributed by atoms with Crippen LogP contribution in [0.25, 0.3) is 0 Å². The first-order valence-corrected chi connectivity index (χ1v) is 7.56. The molecule has 18 heavy (non-hydrogen) atoms. The second-order valence-electron chi connectivity index (χ2n) is 4.11. The van der Waals surface area contributed by atoms with Crippen LogP contribution in [0.3, 0.4) is 0 Å². The topological polar surface area (TPSA) is 41.1 Å². The number of carbonyl (C=O) groups excluding carboxylic acids is 1. The van der Waals surface area contributed by atoms with Gasteiger partial charge in [-0.15, -0.1) is 0 Å². The van der Waals surface area contributed by atoms with Gasteiger partial charge >= 0.3 is 0 Å². The molecule has 0 saturated carbocycles. The van der Waals surface area contributed by atoms with Gasteiger partial charge in [0.05, 0.1) is 5.56 Å². The number of hydrogen-bond donors (Lipinski definition) is 2. The molecule has 1 atom stereocenters. The predicted octanol–water partition coefficient (Wildman–Crippen LogP) is 2.99. The fourth-order valence-electron chi connectivity index (χ4n) is 1.66. The summed E-state index contributed by atoms with van der Waals surface area (Å²) in [5.74, 6) is 2.02. The molecule has 0 aromatic heterocycles. The summed E-state index contributed by atoms with van der Waals surface area (Å²) < 4.78 is 0. The Morgan fingerprint density at radius 2 is 2.06 bits per heavy atom. The summed E-state index contributed by atoms with van der Waals surface area (Å²) in [4.78, 5) is 12.2. The molecule has 1 aromatic carbocycles. The van der Waals surface area contributed by atoms with E-state index in [9.17, 15) is 4.79 Å². The van der Waals surface area contributed by atoms with E-state index >= 15 is 0 Å². The number of hydrogen-bond acceptors (Lipinski definition) is 3. The first-order valence-electron chi connectivity index (χ1n) is 6.40. The van der Waals surface area contributed by atoms with Crippen LogP contribution >= 0.6 is 11.8 Å². The van der Waals surface area contributed by atoms with Crippen molar-refractivity contribution in [3.05, 3.63) is 29.8 Å². The van der Waals surface area contributed by atoms with Crippen molar-refractivity contribution in [3.63, 3.8) is 0 Å². The van der Waals surface area contributed by atoms with Crippen LogP contribution in [0.15, 0.2) is 24.3 Å². The highest BCUT2D eigenvalue weighted by atomic mass is 32.2. The molecule has 1 amide bonds. The molecule has 0 heterocycles. The van der Waals surface area contributed by atoms with Gasteiger partial charge in [-0.05, 0) is 31.7 Å². The fraction of sp³-hybridized carbons (Fsp3) is 0.500. The highest BCUT2D eigenvalue weighted by molar-refractivity contribution is 7.99. The van der Waals surface area contributed by atoms with Crippen LogP contribution in [0.1, 0.15) is 31.1 Å². The minimum Gasteiger partial charge on any atom is -0.385 e. The van der Waals surface area contributed by atoms with Crippen molar-refractivity contribution in [2.45, 2.75) is 26.8 Å². The zero-order chi connectivity index (χ0) is 13.4. The largest absolute Gasteiger partial charge is 0.385 e. The minimum atomic E-state index is -0.00393. The number of thioether (sulfide) groups is 1. The van der Waals surface area contributed by atoms with Crippen LogP contribution in [-0.2, 0) is 0 Å². The number of para-hydroxylation sites is 1. The Hall–Kier alpha value is -1.16. The molecule has 0 bridgehead atoms. The molecule has 100 valence electrons. The van der Waals surface area contributed by atoms with Crippen molar-refractivity contribution >= 4 is 23.4 Å². The summed E-state index contributed by atoms with van der Waals surface area (Å²) in [6.07, 6.45) is 0. The number of rotatable bonds is 7. The van der Waals surface area contributed by atoms with Gasteiger partial charge in [0.15, 0.2) is 0 Å². The Bertz CT molecular complexity index is 382. The molecular formula is C14H22N2OS. The fourth-order valence-corrected chi connectivity index (χ4v) is 2.34. The second-order valence-corrected chi connectivity index (χ2v) is 5.43. The van der Waals surface area contributed by atoms with E-state index in [0.29, 0.717) is 5.56 Å². The molecule has 0 aliphatic rings. The van der Waals surface area contributed by atoms with E-state index in [0.717, 1.165) is 23.7 Å². The molecule has 0 aliphatic carbocycles. The van der Waals surface area contributed by atoms with Crippen LogP contribution < -0.4 is 10.6 Å². The average Bonchev–Trinajstić information content (AvgIpc) is 2.37. The van der Waals surface area contributed by atoms with Gasteiger partial charge in [0, 0.05) is 24.0 Å². The van der Waals surface area contributed by atoms with Gasteiger partial charge in [-0.2, -0.15) is 11.8 Å². The second kappa shape index (κ2) is 8.03. The summed E-state index contributed by atoms with van der Waals surface area (Å²) in [6.45, 7) is 7.00. The predicted molar refractivity (Wildman–Crippen MR) is 80.5 cm³/mol. The van der Waals surface area contributed by atoms with Gasteiger partial charge in [-0.1, -0.05) is 19.1 Å². The summed E-state index contributed by atoms with van der Waals surface area (Å²) in [5.41, 5.74) is 1.61. The Kier molecular flexibility index (Phi) is 6.65. The number of amides is 1. The lowest BCUT2D eigenvalue weighted by Crippen LogP contribution is -2.34. The SMILES string of the molecule is CCNc1ccccc1C(=O)NC(C)CSCC. The van der Waals surface area contributed by atoms with Crippen LogP contribution in [-0.4, -0.2) is 30.0 Å². The zero-order valence-electron chi connectivity index (χ0n) is 11.3. The van der Waals surface area contributed by atoms with Crippen LogP contribution in [0.5, 0.6) is 0 Å². The third-order valence-electron chi connectivity index (χ3n) is 2.49. The van der Waals surface area contributed by atoms with Gasteiger partial charge in [0.25, 0.3) is 5.91 Å². The van der Waals surface area contributed by atoms with Crippen molar-refractivity contribution in [1.82, 2.24) is 5.32 Å². The standard InChI is InChI=1S/C14H22N2OS/c1-4-15-13-9-7-6-8-12(13)14(17)16-11(3)10-18-5-2/h6-9,11,15H,4-5,10H2,1-3H3,(H,16,17). The van der Waals surface area contributed by atoms with Crippen LogP contribution in [0, 0.1) is 0 Å². The third-order valence-corrected chi connectivity index (χ3v) is 3.63. The van der Waals surface area contributed by atoms with Crippen molar-refractivity contribution < 1.29 is 4.79 Å². The Morgan fingerprint density at radius 3 is 2.72 bits per heavy atom. The molecule has 0 saturated heterocycles. The molecule has 1 aromatic rings. The van der Waals surface area contributed by atoms with Gasteiger partial charge in [-0.25, -0.2) is 0 Å². The molecule has 3 nitrogen and oxygen atoms in total. The maximum absolute atomic E-state index is 12.2. The Balaban J connectivity index is 2.65. The van der Waals surface area contributed by atoms with E-state index in [2.05, 4.69) is 17.6 Å². The molecule has 0 spiro atoms. The smallest absolute Gasteiger partial charge is 0.253 e. The highest BCUT2D eigenvalue weighted by Crippen LogP contribution is 2.15. The Labute approximate surface area is 114 Å². The van der Waals surface area contributed by atoms with Gasteiger partial charge in [0.2, 0.25) is 0 Å².